The molecule has 3 N–H and O–H groups in total. The Kier molecular flexibility index (Phi) is 19.0. The summed E-state index contributed by atoms with van der Waals surface area (Å²) in [7, 11) is 0. The Bertz CT molecular complexity index is 81.4. The highest BCUT2D eigenvalue weighted by Gasteiger charge is 1.91. The second-order valence-corrected chi connectivity index (χ2v) is 3.69. The number of hydrogen-bond acceptors (Lipinski definition) is 2. The van der Waals surface area contributed by atoms with Crippen molar-refractivity contribution in [2.75, 3.05) is 13.2 Å². The van der Waals surface area contributed by atoms with Gasteiger partial charge in [0.05, 0.1) is 0 Å². The molecule has 0 aromatic carbocycles. The highest BCUT2D eigenvalue weighted by atomic mass is 79.9. The smallest absolute Gasteiger partial charge is 0.0431 e. The molecule has 0 aliphatic heterocycles. The first-order valence-electron chi connectivity index (χ1n) is 5.72. The molecule has 88 valence electrons. The minimum atomic E-state index is 0. The fourth-order valence-electron chi connectivity index (χ4n) is 1.49. The van der Waals surface area contributed by atoms with Gasteiger partial charge < -0.3 is 10.8 Å². The highest BCUT2D eigenvalue weighted by Crippen LogP contribution is 2.08. The van der Waals surface area contributed by atoms with Crippen molar-refractivity contribution < 1.29 is 5.11 Å². The molecule has 0 spiro atoms. The van der Waals surface area contributed by atoms with Crippen molar-refractivity contribution in [1.82, 2.24) is 0 Å². The van der Waals surface area contributed by atoms with E-state index in [1.54, 1.807) is 0 Å². The molecule has 0 aliphatic rings. The summed E-state index contributed by atoms with van der Waals surface area (Å²) in [5.41, 5.74) is 5.40. The summed E-state index contributed by atoms with van der Waals surface area (Å²) in [6.45, 7) is 1.20. The van der Waals surface area contributed by atoms with Crippen LogP contribution in [-0.4, -0.2) is 18.3 Å². The van der Waals surface area contributed by atoms with Crippen molar-refractivity contribution in [2.24, 2.45) is 5.73 Å². The van der Waals surface area contributed by atoms with E-state index < -0.39 is 0 Å². The van der Waals surface area contributed by atoms with Crippen molar-refractivity contribution >= 4 is 17.0 Å². The minimum absolute atomic E-state index is 0. The lowest BCUT2D eigenvalue weighted by Crippen LogP contribution is -1.97. The molecule has 2 nitrogen and oxygen atoms in total. The average Bonchev–Trinajstić information content (AvgIpc) is 2.16. The van der Waals surface area contributed by atoms with Crippen LogP contribution in [0.2, 0.25) is 0 Å². The van der Waals surface area contributed by atoms with Gasteiger partial charge in [0.1, 0.15) is 0 Å². The van der Waals surface area contributed by atoms with Crippen LogP contribution in [0, 0.1) is 0 Å². The van der Waals surface area contributed by atoms with E-state index >= 15 is 0 Å². The van der Waals surface area contributed by atoms with Crippen molar-refractivity contribution in [1.29, 1.82) is 0 Å². The second-order valence-electron chi connectivity index (χ2n) is 3.69. The SMILES string of the molecule is Br.NCCCCCCCCCCCO. The molecule has 14 heavy (non-hydrogen) atoms. The molecular formula is C11H26BrNO. The third kappa shape index (κ3) is 14.9. The molecule has 0 saturated heterocycles. The van der Waals surface area contributed by atoms with Crippen molar-refractivity contribution in [3.05, 3.63) is 0 Å². The number of unbranched alkanes of at least 4 members (excludes halogenated alkanes) is 8. The van der Waals surface area contributed by atoms with Gasteiger partial charge in [-0.05, 0) is 19.4 Å². The fraction of sp³-hybridized carbons (Fsp3) is 1.00. The zero-order valence-corrected chi connectivity index (χ0v) is 10.9. The molecule has 0 aliphatic carbocycles. The van der Waals surface area contributed by atoms with Crippen LogP contribution in [0.3, 0.4) is 0 Å². The summed E-state index contributed by atoms with van der Waals surface area (Å²) in [6.07, 6.45) is 11.3. The summed E-state index contributed by atoms with van der Waals surface area (Å²) in [5, 5.41) is 8.55. The topological polar surface area (TPSA) is 46.2 Å². The van der Waals surface area contributed by atoms with Crippen LogP contribution in [0.25, 0.3) is 0 Å². The van der Waals surface area contributed by atoms with Crippen molar-refractivity contribution in [2.45, 2.75) is 57.8 Å². The molecule has 0 bridgehead atoms. The predicted molar refractivity (Wildman–Crippen MR) is 68.0 cm³/mol. The molecule has 3 heteroatoms. The van der Waals surface area contributed by atoms with E-state index in [1.807, 2.05) is 0 Å². The van der Waals surface area contributed by atoms with E-state index in [0.717, 1.165) is 13.0 Å². The van der Waals surface area contributed by atoms with Crippen LogP contribution in [0.5, 0.6) is 0 Å². The van der Waals surface area contributed by atoms with Gasteiger partial charge in [-0.15, -0.1) is 17.0 Å². The molecule has 0 atom stereocenters. The normalized spacial score (nSPS) is 9.86. The van der Waals surface area contributed by atoms with Gasteiger partial charge in [0.25, 0.3) is 0 Å². The van der Waals surface area contributed by atoms with Gasteiger partial charge in [-0.1, -0.05) is 44.9 Å². The molecule has 0 heterocycles. The number of nitrogens with two attached hydrogens (primary N) is 1. The number of hydrogen-bond donors (Lipinski definition) is 2. The largest absolute Gasteiger partial charge is 0.396 e. The summed E-state index contributed by atoms with van der Waals surface area (Å²) in [4.78, 5) is 0. The Morgan fingerprint density at radius 1 is 0.643 bits per heavy atom. The third-order valence-electron chi connectivity index (χ3n) is 2.36. The number of aliphatic hydroxyl groups is 1. The lowest BCUT2D eigenvalue weighted by atomic mass is 10.1. The first-order valence-corrected chi connectivity index (χ1v) is 5.72. The molecule has 0 fully saturated rings. The number of aliphatic hydroxyl groups excluding tert-OH is 1. The first-order chi connectivity index (χ1) is 6.41. The Hall–Kier alpha value is 0.400. The van der Waals surface area contributed by atoms with Gasteiger partial charge in [0.15, 0.2) is 0 Å². The molecule has 0 aromatic rings. The van der Waals surface area contributed by atoms with E-state index in [-0.39, 0.29) is 17.0 Å². The van der Waals surface area contributed by atoms with E-state index in [1.165, 1.54) is 51.4 Å². The van der Waals surface area contributed by atoms with Crippen LogP contribution in [0.4, 0.5) is 0 Å². The Labute approximate surface area is 99.0 Å². The van der Waals surface area contributed by atoms with Gasteiger partial charge in [0.2, 0.25) is 0 Å². The van der Waals surface area contributed by atoms with Crippen LogP contribution in [0.1, 0.15) is 57.8 Å². The lowest BCUT2D eigenvalue weighted by Gasteiger charge is -2.00. The molecule has 0 radical (unpaired) electrons. The Balaban J connectivity index is 0. The van der Waals surface area contributed by atoms with Gasteiger partial charge in [-0.25, -0.2) is 0 Å². The standard InChI is InChI=1S/C11H25NO.BrH/c12-10-8-6-4-2-1-3-5-7-9-11-13;/h13H,1-12H2;1H. The summed E-state index contributed by atoms with van der Waals surface area (Å²) in [6, 6.07) is 0. The quantitative estimate of drug-likeness (QED) is 0.598. The predicted octanol–water partition coefficient (Wildman–Crippen LogP) is 3.03. The molecule has 0 amide bonds. The van der Waals surface area contributed by atoms with Gasteiger partial charge >= 0.3 is 0 Å². The second kappa shape index (κ2) is 15.9. The van der Waals surface area contributed by atoms with E-state index in [2.05, 4.69) is 0 Å². The molecule has 0 aromatic heterocycles. The van der Waals surface area contributed by atoms with E-state index in [0.29, 0.717) is 6.61 Å². The minimum Gasteiger partial charge on any atom is -0.396 e. The zero-order chi connectivity index (χ0) is 9.78. The van der Waals surface area contributed by atoms with Gasteiger partial charge in [-0.2, -0.15) is 0 Å². The summed E-state index contributed by atoms with van der Waals surface area (Å²) >= 11 is 0. The van der Waals surface area contributed by atoms with Gasteiger partial charge in [-0.3, -0.25) is 0 Å². The van der Waals surface area contributed by atoms with Crippen LogP contribution >= 0.6 is 17.0 Å². The monoisotopic (exact) mass is 267 g/mol. The third-order valence-corrected chi connectivity index (χ3v) is 2.36. The van der Waals surface area contributed by atoms with Crippen molar-refractivity contribution in [3.63, 3.8) is 0 Å². The molecular weight excluding hydrogens is 242 g/mol. The van der Waals surface area contributed by atoms with Crippen LogP contribution < -0.4 is 5.73 Å². The molecule has 0 saturated carbocycles. The maximum absolute atomic E-state index is 8.55. The Morgan fingerprint density at radius 3 is 1.36 bits per heavy atom. The van der Waals surface area contributed by atoms with E-state index in [4.69, 9.17) is 10.8 Å². The fourth-order valence-corrected chi connectivity index (χ4v) is 1.49. The number of rotatable bonds is 10. The average molecular weight is 268 g/mol. The van der Waals surface area contributed by atoms with E-state index in [9.17, 15) is 0 Å². The number of halogens is 1. The first kappa shape index (κ1) is 16.8. The van der Waals surface area contributed by atoms with Crippen LogP contribution in [0.15, 0.2) is 0 Å². The van der Waals surface area contributed by atoms with Crippen LogP contribution in [-0.2, 0) is 0 Å². The zero-order valence-electron chi connectivity index (χ0n) is 9.21. The highest BCUT2D eigenvalue weighted by molar-refractivity contribution is 8.93. The maximum Gasteiger partial charge on any atom is 0.0431 e. The summed E-state index contributed by atoms with van der Waals surface area (Å²) < 4.78 is 0. The molecule has 0 unspecified atom stereocenters. The van der Waals surface area contributed by atoms with Crippen molar-refractivity contribution in [3.8, 4) is 0 Å². The summed E-state index contributed by atoms with van der Waals surface area (Å²) in [5.74, 6) is 0. The van der Waals surface area contributed by atoms with Gasteiger partial charge in [0, 0.05) is 6.61 Å². The lowest BCUT2D eigenvalue weighted by molar-refractivity contribution is 0.282. The maximum atomic E-state index is 8.55. The Morgan fingerprint density at radius 2 is 1.00 bits per heavy atom. The molecule has 0 rings (SSSR count).